The Kier molecular flexibility index (Phi) is 3.92. The number of amides is 1. The second-order valence-electron chi connectivity index (χ2n) is 5.17. The van der Waals surface area contributed by atoms with Crippen LogP contribution in [-0.4, -0.2) is 23.5 Å². The van der Waals surface area contributed by atoms with E-state index >= 15 is 0 Å². The summed E-state index contributed by atoms with van der Waals surface area (Å²) in [6, 6.07) is 11.6. The van der Waals surface area contributed by atoms with Gasteiger partial charge in [0.2, 0.25) is 5.91 Å². The van der Waals surface area contributed by atoms with Crippen LogP contribution in [0.4, 0.5) is 11.5 Å². The van der Waals surface area contributed by atoms with E-state index in [4.69, 9.17) is 0 Å². The lowest BCUT2D eigenvalue weighted by Crippen LogP contribution is -2.33. The molecule has 0 saturated carbocycles. The summed E-state index contributed by atoms with van der Waals surface area (Å²) in [5.74, 6) is 0.825. The molecule has 2 heterocycles. The van der Waals surface area contributed by atoms with E-state index in [0.29, 0.717) is 0 Å². The van der Waals surface area contributed by atoms with Gasteiger partial charge in [0.05, 0.1) is 0 Å². The van der Waals surface area contributed by atoms with E-state index in [1.165, 1.54) is 5.56 Å². The molecule has 5 heteroatoms. The van der Waals surface area contributed by atoms with E-state index in [1.54, 1.807) is 6.20 Å². The Bertz CT molecular complexity index is 640. The van der Waals surface area contributed by atoms with Crippen molar-refractivity contribution in [2.75, 3.05) is 16.8 Å². The number of pyridine rings is 1. The second-order valence-corrected chi connectivity index (χ2v) is 6.09. The third-order valence-electron chi connectivity index (χ3n) is 3.60. The number of nitrogens with one attached hydrogen (secondary N) is 1. The summed E-state index contributed by atoms with van der Waals surface area (Å²) in [5, 5.41) is 3.21. The van der Waals surface area contributed by atoms with E-state index in [0.717, 1.165) is 28.9 Å². The van der Waals surface area contributed by atoms with Crippen LogP contribution in [0, 0.1) is 6.92 Å². The molecule has 21 heavy (non-hydrogen) atoms. The minimum atomic E-state index is -0.208. The number of hydrogen-bond acceptors (Lipinski definition) is 3. The topological polar surface area (TPSA) is 45.2 Å². The van der Waals surface area contributed by atoms with Crippen molar-refractivity contribution in [2.24, 2.45) is 0 Å². The fraction of sp³-hybridized carbons (Fsp3) is 0.250. The Labute approximate surface area is 132 Å². The van der Waals surface area contributed by atoms with Crippen molar-refractivity contribution in [1.82, 2.24) is 4.98 Å². The number of nitrogens with zero attached hydrogens (tertiary/aromatic N) is 2. The van der Waals surface area contributed by atoms with Gasteiger partial charge in [-0.1, -0.05) is 17.7 Å². The van der Waals surface area contributed by atoms with Crippen LogP contribution < -0.4 is 10.2 Å². The molecule has 3 rings (SSSR count). The summed E-state index contributed by atoms with van der Waals surface area (Å²) >= 11 is 3.35. The lowest BCUT2D eigenvalue weighted by molar-refractivity contribution is -0.117. The molecule has 1 aliphatic heterocycles. The lowest BCUT2D eigenvalue weighted by atomic mass is 10.2. The summed E-state index contributed by atoms with van der Waals surface area (Å²) < 4.78 is 0.923. The van der Waals surface area contributed by atoms with Crippen LogP contribution in [0.25, 0.3) is 0 Å². The Morgan fingerprint density at radius 2 is 2.00 bits per heavy atom. The number of anilines is 2. The number of hydrogen-bond donors (Lipinski definition) is 1. The van der Waals surface area contributed by atoms with Gasteiger partial charge in [-0.2, -0.15) is 0 Å². The molecule has 1 aromatic carbocycles. The molecule has 1 N–H and O–H groups in total. The molecule has 1 fully saturated rings. The maximum absolute atomic E-state index is 12.5. The predicted octanol–water partition coefficient (Wildman–Crippen LogP) is 3.37. The monoisotopic (exact) mass is 345 g/mol. The highest BCUT2D eigenvalue weighted by Gasteiger charge is 2.32. The van der Waals surface area contributed by atoms with Gasteiger partial charge in [0.15, 0.2) is 0 Å². The van der Waals surface area contributed by atoms with Crippen molar-refractivity contribution in [3.8, 4) is 0 Å². The van der Waals surface area contributed by atoms with Crippen LogP contribution >= 0.6 is 15.9 Å². The van der Waals surface area contributed by atoms with Crippen molar-refractivity contribution in [2.45, 2.75) is 19.4 Å². The first-order valence-electron chi connectivity index (χ1n) is 6.89. The average Bonchev–Trinajstić information content (AvgIpc) is 2.84. The maximum atomic E-state index is 12.5. The first kappa shape index (κ1) is 14.1. The number of benzene rings is 1. The van der Waals surface area contributed by atoms with Crippen LogP contribution in [0.2, 0.25) is 0 Å². The van der Waals surface area contributed by atoms with Crippen molar-refractivity contribution in [3.05, 3.63) is 52.6 Å². The third kappa shape index (κ3) is 3.08. The Balaban J connectivity index is 1.71. The molecule has 1 unspecified atom stereocenters. The second kappa shape index (κ2) is 5.85. The van der Waals surface area contributed by atoms with Gasteiger partial charge in [-0.3, -0.25) is 4.79 Å². The first-order valence-corrected chi connectivity index (χ1v) is 7.69. The van der Waals surface area contributed by atoms with Gasteiger partial charge in [-0.05, 0) is 53.5 Å². The first-order chi connectivity index (χ1) is 10.1. The third-order valence-corrected chi connectivity index (χ3v) is 4.07. The van der Waals surface area contributed by atoms with Crippen LogP contribution in [0.15, 0.2) is 47.1 Å². The zero-order chi connectivity index (χ0) is 14.8. The minimum absolute atomic E-state index is 0.101. The summed E-state index contributed by atoms with van der Waals surface area (Å²) in [5.41, 5.74) is 2.15. The lowest BCUT2D eigenvalue weighted by Gasteiger charge is -2.17. The molecule has 4 nitrogen and oxygen atoms in total. The highest BCUT2D eigenvalue weighted by Crippen LogP contribution is 2.24. The molecule has 0 aliphatic carbocycles. The molecular formula is C16H16BrN3O. The van der Waals surface area contributed by atoms with Crippen molar-refractivity contribution in [3.63, 3.8) is 0 Å². The molecule has 1 aliphatic rings. The molecule has 0 spiro atoms. The number of carbonyl (C=O) groups is 1. The van der Waals surface area contributed by atoms with E-state index in [1.807, 2.05) is 48.2 Å². The fourth-order valence-corrected chi connectivity index (χ4v) is 2.67. The molecule has 1 aromatic heterocycles. The van der Waals surface area contributed by atoms with Crippen LogP contribution in [-0.2, 0) is 4.79 Å². The van der Waals surface area contributed by atoms with Crippen LogP contribution in [0.5, 0.6) is 0 Å². The van der Waals surface area contributed by atoms with Crippen LogP contribution in [0.1, 0.15) is 12.0 Å². The molecule has 0 radical (unpaired) electrons. The predicted molar refractivity (Wildman–Crippen MR) is 87.5 cm³/mol. The summed E-state index contributed by atoms with van der Waals surface area (Å²) in [6.07, 6.45) is 2.50. The van der Waals surface area contributed by atoms with E-state index in [-0.39, 0.29) is 11.9 Å². The quantitative estimate of drug-likeness (QED) is 0.927. The highest BCUT2D eigenvalue weighted by atomic mass is 79.9. The highest BCUT2D eigenvalue weighted by molar-refractivity contribution is 9.10. The smallest absolute Gasteiger partial charge is 0.249 e. The van der Waals surface area contributed by atoms with Gasteiger partial charge in [0.1, 0.15) is 11.9 Å². The zero-order valence-corrected chi connectivity index (χ0v) is 13.3. The van der Waals surface area contributed by atoms with E-state index < -0.39 is 0 Å². The summed E-state index contributed by atoms with van der Waals surface area (Å²) in [6.45, 7) is 2.77. The standard InChI is InChI=1S/C16H16BrN3O/c1-11-2-5-13(6-3-11)20-9-8-14(16(20)21)19-15-7-4-12(17)10-18-15/h2-7,10,14H,8-9H2,1H3,(H,18,19). The van der Waals surface area contributed by atoms with Gasteiger partial charge in [0, 0.05) is 22.9 Å². The molecule has 1 saturated heterocycles. The molecule has 0 bridgehead atoms. The molecule has 2 aromatic rings. The van der Waals surface area contributed by atoms with Gasteiger partial charge >= 0.3 is 0 Å². The van der Waals surface area contributed by atoms with Gasteiger partial charge < -0.3 is 10.2 Å². The zero-order valence-electron chi connectivity index (χ0n) is 11.7. The number of carbonyl (C=O) groups excluding carboxylic acids is 1. The number of halogens is 1. The van der Waals surface area contributed by atoms with Gasteiger partial charge in [-0.15, -0.1) is 0 Å². The molecule has 108 valence electrons. The molecule has 1 atom stereocenters. The minimum Gasteiger partial charge on any atom is -0.358 e. The van der Waals surface area contributed by atoms with Crippen molar-refractivity contribution in [1.29, 1.82) is 0 Å². The normalized spacial score (nSPS) is 18.1. The average molecular weight is 346 g/mol. The summed E-state index contributed by atoms with van der Waals surface area (Å²) in [4.78, 5) is 18.6. The maximum Gasteiger partial charge on any atom is 0.249 e. The number of rotatable bonds is 3. The van der Waals surface area contributed by atoms with Gasteiger partial charge in [0.25, 0.3) is 0 Å². The fourth-order valence-electron chi connectivity index (χ4n) is 2.43. The van der Waals surface area contributed by atoms with E-state index in [9.17, 15) is 4.79 Å². The van der Waals surface area contributed by atoms with Crippen molar-refractivity contribution >= 4 is 33.3 Å². The van der Waals surface area contributed by atoms with E-state index in [2.05, 4.69) is 26.2 Å². The summed E-state index contributed by atoms with van der Waals surface area (Å²) in [7, 11) is 0. The molecule has 1 amide bonds. The largest absolute Gasteiger partial charge is 0.358 e. The van der Waals surface area contributed by atoms with Crippen molar-refractivity contribution < 1.29 is 4.79 Å². The Morgan fingerprint density at radius 3 is 2.67 bits per heavy atom. The van der Waals surface area contributed by atoms with Gasteiger partial charge in [-0.25, -0.2) is 4.98 Å². The Morgan fingerprint density at radius 1 is 1.24 bits per heavy atom. The van der Waals surface area contributed by atoms with Crippen LogP contribution in [0.3, 0.4) is 0 Å². The Hall–Kier alpha value is -1.88. The SMILES string of the molecule is Cc1ccc(N2CCC(Nc3ccc(Br)cn3)C2=O)cc1. The molecular weight excluding hydrogens is 330 g/mol. The number of aryl methyl sites for hydroxylation is 1. The number of aromatic nitrogens is 1.